The maximum Gasteiger partial charge on any atom is 0.0889 e. The monoisotopic (exact) mass is 233 g/mol. The minimum atomic E-state index is -0.644. The second-order valence-corrected chi connectivity index (χ2v) is 6.48. The lowest BCUT2D eigenvalue weighted by atomic mass is 9.51. The summed E-state index contributed by atoms with van der Waals surface area (Å²) in [4.78, 5) is 0. The summed E-state index contributed by atoms with van der Waals surface area (Å²) < 4.78 is 0. The first-order chi connectivity index (χ1) is 8.23. The fourth-order valence-electron chi connectivity index (χ4n) is 4.39. The molecule has 2 heteroatoms. The normalized spacial score (nSPS) is 29.4. The molecule has 0 aliphatic heterocycles. The lowest BCUT2D eigenvalue weighted by molar-refractivity contribution is -0.180. The molecule has 0 aromatic heterocycles. The summed E-state index contributed by atoms with van der Waals surface area (Å²) in [7, 11) is 0. The third-order valence-electron chi connectivity index (χ3n) is 5.89. The van der Waals surface area contributed by atoms with E-state index in [1.165, 1.54) is 12.8 Å². The molecule has 94 valence electrons. The first-order valence-corrected chi connectivity index (χ1v) is 7.36. The van der Waals surface area contributed by atoms with E-state index in [-0.39, 0.29) is 0 Å². The Morgan fingerprint density at radius 2 is 1.41 bits per heavy atom. The molecule has 0 radical (unpaired) electrons. The van der Waals surface area contributed by atoms with E-state index in [0.717, 1.165) is 51.4 Å². The summed E-state index contributed by atoms with van der Waals surface area (Å²) in [5, 5.41) is 21.1. The minimum Gasteiger partial charge on any atom is -0.388 e. The highest BCUT2D eigenvalue weighted by Crippen LogP contribution is 2.60. The highest BCUT2D eigenvalue weighted by atomic mass is 16.3. The summed E-state index contributed by atoms with van der Waals surface area (Å²) in [6, 6.07) is 2.57. The molecule has 0 aromatic carbocycles. The van der Waals surface area contributed by atoms with Crippen molar-refractivity contribution in [2.24, 2.45) is 17.3 Å². The first-order valence-electron chi connectivity index (χ1n) is 7.36. The van der Waals surface area contributed by atoms with Gasteiger partial charge in [-0.3, -0.25) is 0 Å². The van der Waals surface area contributed by atoms with Crippen molar-refractivity contribution in [3.63, 3.8) is 0 Å². The number of aliphatic hydroxyl groups is 1. The molecule has 17 heavy (non-hydrogen) atoms. The van der Waals surface area contributed by atoms with Crippen LogP contribution in [0.15, 0.2) is 0 Å². The molecule has 0 bridgehead atoms. The molecular formula is C15H23NO. The topological polar surface area (TPSA) is 44.0 Å². The molecule has 3 aliphatic rings. The molecule has 0 unspecified atom stereocenters. The fourth-order valence-corrected chi connectivity index (χ4v) is 4.39. The van der Waals surface area contributed by atoms with Crippen LogP contribution in [0, 0.1) is 28.6 Å². The highest BCUT2D eigenvalue weighted by molar-refractivity contribution is 5.19. The summed E-state index contributed by atoms with van der Waals surface area (Å²) in [6.07, 6.45) is 11.2. The van der Waals surface area contributed by atoms with E-state index >= 15 is 0 Å². The summed E-state index contributed by atoms with van der Waals surface area (Å²) >= 11 is 0. The number of hydrogen-bond acceptors (Lipinski definition) is 2. The quantitative estimate of drug-likeness (QED) is 0.812. The van der Waals surface area contributed by atoms with Gasteiger partial charge in [0.25, 0.3) is 0 Å². The van der Waals surface area contributed by atoms with Crippen LogP contribution in [0.25, 0.3) is 0 Å². The van der Waals surface area contributed by atoms with Gasteiger partial charge < -0.3 is 5.11 Å². The van der Waals surface area contributed by atoms with Crippen LogP contribution in [0.3, 0.4) is 0 Å². The molecule has 2 nitrogen and oxygen atoms in total. The third-order valence-corrected chi connectivity index (χ3v) is 5.89. The minimum absolute atomic E-state index is 0.400. The molecule has 0 saturated heterocycles. The van der Waals surface area contributed by atoms with Crippen LogP contribution in [0.5, 0.6) is 0 Å². The predicted octanol–water partition coefficient (Wildman–Crippen LogP) is 3.40. The van der Waals surface area contributed by atoms with Crippen molar-refractivity contribution in [1.82, 2.24) is 0 Å². The van der Waals surface area contributed by atoms with Crippen molar-refractivity contribution in [3.05, 3.63) is 0 Å². The van der Waals surface area contributed by atoms with Crippen LogP contribution in [0.4, 0.5) is 0 Å². The Bertz CT molecular complexity index is 315. The van der Waals surface area contributed by atoms with Gasteiger partial charge in [0.05, 0.1) is 17.1 Å². The van der Waals surface area contributed by atoms with E-state index in [2.05, 4.69) is 6.07 Å². The van der Waals surface area contributed by atoms with Gasteiger partial charge in [-0.15, -0.1) is 0 Å². The SMILES string of the molecule is N#CC1(C(O)(C2CCC2)C2CCC2)CCCC1. The van der Waals surface area contributed by atoms with Gasteiger partial charge in [0.15, 0.2) is 0 Å². The smallest absolute Gasteiger partial charge is 0.0889 e. The van der Waals surface area contributed by atoms with E-state index in [1.54, 1.807) is 0 Å². The Balaban J connectivity index is 1.94. The van der Waals surface area contributed by atoms with Gasteiger partial charge in [-0.05, 0) is 50.4 Å². The molecule has 0 amide bonds. The molecule has 0 atom stereocenters. The van der Waals surface area contributed by atoms with Gasteiger partial charge in [-0.2, -0.15) is 5.26 Å². The molecular weight excluding hydrogens is 210 g/mol. The molecule has 0 spiro atoms. The number of nitriles is 1. The Morgan fingerprint density at radius 1 is 0.941 bits per heavy atom. The zero-order valence-corrected chi connectivity index (χ0v) is 10.6. The van der Waals surface area contributed by atoms with Gasteiger partial charge >= 0.3 is 0 Å². The Labute approximate surface area is 104 Å². The molecule has 3 aliphatic carbocycles. The Hall–Kier alpha value is -0.550. The third kappa shape index (κ3) is 1.41. The molecule has 1 N–H and O–H groups in total. The Morgan fingerprint density at radius 3 is 1.71 bits per heavy atom. The zero-order chi connectivity index (χ0) is 11.9. The van der Waals surface area contributed by atoms with E-state index in [4.69, 9.17) is 0 Å². The second kappa shape index (κ2) is 3.99. The second-order valence-electron chi connectivity index (χ2n) is 6.48. The van der Waals surface area contributed by atoms with Crippen LogP contribution in [-0.2, 0) is 0 Å². The molecule has 3 fully saturated rings. The van der Waals surface area contributed by atoms with Gasteiger partial charge in [0.2, 0.25) is 0 Å². The Kier molecular flexibility index (Phi) is 2.70. The number of rotatable bonds is 3. The lowest BCUT2D eigenvalue weighted by Crippen LogP contribution is -2.60. The molecule has 3 saturated carbocycles. The van der Waals surface area contributed by atoms with Crippen LogP contribution >= 0.6 is 0 Å². The van der Waals surface area contributed by atoms with Gasteiger partial charge in [0, 0.05) is 0 Å². The first kappa shape index (κ1) is 11.5. The maximum absolute atomic E-state index is 11.4. The largest absolute Gasteiger partial charge is 0.388 e. The fraction of sp³-hybridized carbons (Fsp3) is 0.933. The van der Waals surface area contributed by atoms with E-state index in [1.807, 2.05) is 0 Å². The summed E-state index contributed by atoms with van der Waals surface area (Å²) in [6.45, 7) is 0. The van der Waals surface area contributed by atoms with Crippen LogP contribution < -0.4 is 0 Å². The summed E-state index contributed by atoms with van der Waals surface area (Å²) in [5.41, 5.74) is -1.04. The summed E-state index contributed by atoms with van der Waals surface area (Å²) in [5.74, 6) is 0.844. The van der Waals surface area contributed by atoms with E-state index < -0.39 is 11.0 Å². The van der Waals surface area contributed by atoms with Crippen molar-refractivity contribution in [3.8, 4) is 6.07 Å². The van der Waals surface area contributed by atoms with Crippen LogP contribution in [0.1, 0.15) is 64.2 Å². The average molecular weight is 233 g/mol. The van der Waals surface area contributed by atoms with Crippen molar-refractivity contribution >= 4 is 0 Å². The van der Waals surface area contributed by atoms with Gasteiger partial charge in [-0.1, -0.05) is 25.7 Å². The zero-order valence-electron chi connectivity index (χ0n) is 10.6. The van der Waals surface area contributed by atoms with Gasteiger partial charge in [0.1, 0.15) is 0 Å². The van der Waals surface area contributed by atoms with Crippen LogP contribution in [0.2, 0.25) is 0 Å². The number of hydrogen-bond donors (Lipinski definition) is 1. The molecule has 0 heterocycles. The van der Waals surface area contributed by atoms with Crippen molar-refractivity contribution in [1.29, 1.82) is 5.26 Å². The highest BCUT2D eigenvalue weighted by Gasteiger charge is 2.61. The van der Waals surface area contributed by atoms with Crippen molar-refractivity contribution in [2.75, 3.05) is 0 Å². The van der Waals surface area contributed by atoms with E-state index in [9.17, 15) is 10.4 Å². The molecule has 0 aromatic rings. The van der Waals surface area contributed by atoms with Crippen molar-refractivity contribution in [2.45, 2.75) is 69.8 Å². The predicted molar refractivity (Wildman–Crippen MR) is 66.1 cm³/mol. The van der Waals surface area contributed by atoms with E-state index in [0.29, 0.717) is 11.8 Å². The lowest BCUT2D eigenvalue weighted by Gasteiger charge is -2.56. The number of nitrogens with zero attached hydrogens (tertiary/aromatic N) is 1. The maximum atomic E-state index is 11.4. The average Bonchev–Trinajstić information content (AvgIpc) is 2.60. The standard InChI is InChI=1S/C15H23NO/c16-11-14(9-1-2-10-14)15(17,12-5-3-6-12)13-7-4-8-13/h12-13,17H,1-10H2. The molecule has 3 rings (SSSR count). The van der Waals surface area contributed by atoms with Crippen LogP contribution in [-0.4, -0.2) is 10.7 Å². The van der Waals surface area contributed by atoms with Gasteiger partial charge in [-0.25, -0.2) is 0 Å². The van der Waals surface area contributed by atoms with Crippen molar-refractivity contribution < 1.29 is 5.11 Å².